The standard InChI is InChI=1S/C10H18N2/c1-4-7-10(11(2)3)12-8-5-6-9-12/h4,7H,1,5-6,8-9H2,2-3H3/b10-7+. The van der Waals surface area contributed by atoms with Crippen LogP contribution in [0.25, 0.3) is 0 Å². The zero-order chi connectivity index (χ0) is 8.97. The molecule has 0 unspecified atom stereocenters. The van der Waals surface area contributed by atoms with E-state index in [0.29, 0.717) is 0 Å². The van der Waals surface area contributed by atoms with E-state index in [4.69, 9.17) is 0 Å². The van der Waals surface area contributed by atoms with E-state index < -0.39 is 0 Å². The van der Waals surface area contributed by atoms with Gasteiger partial charge in [-0.2, -0.15) is 0 Å². The fourth-order valence-corrected chi connectivity index (χ4v) is 1.59. The highest BCUT2D eigenvalue weighted by atomic mass is 15.3. The topological polar surface area (TPSA) is 6.48 Å². The van der Waals surface area contributed by atoms with Gasteiger partial charge < -0.3 is 9.80 Å². The van der Waals surface area contributed by atoms with Crippen LogP contribution in [-0.2, 0) is 0 Å². The summed E-state index contributed by atoms with van der Waals surface area (Å²) in [5.41, 5.74) is 0. The summed E-state index contributed by atoms with van der Waals surface area (Å²) in [5, 5.41) is 0. The Morgan fingerprint density at radius 1 is 1.33 bits per heavy atom. The molecule has 2 nitrogen and oxygen atoms in total. The molecule has 2 heteroatoms. The van der Waals surface area contributed by atoms with Crippen LogP contribution in [-0.4, -0.2) is 37.0 Å². The van der Waals surface area contributed by atoms with Gasteiger partial charge in [0.2, 0.25) is 0 Å². The van der Waals surface area contributed by atoms with E-state index in [9.17, 15) is 0 Å². The van der Waals surface area contributed by atoms with E-state index in [1.165, 1.54) is 31.8 Å². The molecular weight excluding hydrogens is 148 g/mol. The highest BCUT2D eigenvalue weighted by Crippen LogP contribution is 2.15. The van der Waals surface area contributed by atoms with Gasteiger partial charge in [0.15, 0.2) is 0 Å². The molecule has 1 aliphatic rings. The van der Waals surface area contributed by atoms with Crippen molar-refractivity contribution in [2.24, 2.45) is 0 Å². The molecule has 0 aromatic heterocycles. The molecule has 0 amide bonds. The Morgan fingerprint density at radius 2 is 1.92 bits per heavy atom. The van der Waals surface area contributed by atoms with Crippen LogP contribution in [0, 0.1) is 0 Å². The molecule has 1 aliphatic heterocycles. The van der Waals surface area contributed by atoms with Crippen LogP contribution < -0.4 is 0 Å². The van der Waals surface area contributed by atoms with Crippen molar-refractivity contribution in [3.63, 3.8) is 0 Å². The van der Waals surface area contributed by atoms with Crippen molar-refractivity contribution in [3.05, 3.63) is 24.6 Å². The minimum absolute atomic E-state index is 1.19. The molecule has 0 atom stereocenters. The van der Waals surface area contributed by atoms with E-state index in [-0.39, 0.29) is 0 Å². The molecule has 12 heavy (non-hydrogen) atoms. The summed E-state index contributed by atoms with van der Waals surface area (Å²) in [4.78, 5) is 4.55. The number of allylic oxidation sites excluding steroid dienone is 2. The lowest BCUT2D eigenvalue weighted by molar-refractivity contribution is 0.302. The Morgan fingerprint density at radius 3 is 2.33 bits per heavy atom. The van der Waals surface area contributed by atoms with Gasteiger partial charge in [-0.25, -0.2) is 0 Å². The third-order valence-electron chi connectivity index (χ3n) is 2.16. The maximum atomic E-state index is 3.72. The Hall–Kier alpha value is -0.920. The average molecular weight is 166 g/mol. The summed E-state index contributed by atoms with van der Waals surface area (Å²) >= 11 is 0. The zero-order valence-electron chi connectivity index (χ0n) is 8.08. The van der Waals surface area contributed by atoms with E-state index >= 15 is 0 Å². The van der Waals surface area contributed by atoms with E-state index in [0.717, 1.165) is 0 Å². The molecule has 0 aromatic rings. The first-order valence-corrected chi connectivity index (χ1v) is 4.50. The van der Waals surface area contributed by atoms with E-state index in [1.54, 1.807) is 0 Å². The minimum atomic E-state index is 1.19. The third kappa shape index (κ3) is 2.03. The molecule has 1 fully saturated rings. The molecule has 1 rings (SSSR count). The summed E-state index contributed by atoms with van der Waals surface area (Å²) in [5.74, 6) is 1.28. The van der Waals surface area contributed by atoms with Crippen molar-refractivity contribution in [2.45, 2.75) is 12.8 Å². The SMILES string of the molecule is C=C/C=C(\N(C)C)N1CCCC1. The van der Waals surface area contributed by atoms with Crippen LogP contribution in [0.4, 0.5) is 0 Å². The van der Waals surface area contributed by atoms with Gasteiger partial charge in [0.25, 0.3) is 0 Å². The maximum Gasteiger partial charge on any atom is 0.103 e. The predicted molar refractivity (Wildman–Crippen MR) is 52.8 cm³/mol. The lowest BCUT2D eigenvalue weighted by Crippen LogP contribution is -2.28. The van der Waals surface area contributed by atoms with Gasteiger partial charge in [-0.3, -0.25) is 0 Å². The average Bonchev–Trinajstić information content (AvgIpc) is 2.51. The van der Waals surface area contributed by atoms with Crippen LogP contribution in [0.2, 0.25) is 0 Å². The Labute approximate surface area is 75.2 Å². The molecule has 0 N–H and O–H groups in total. The second-order valence-corrected chi connectivity index (χ2v) is 3.35. The van der Waals surface area contributed by atoms with Crippen molar-refractivity contribution < 1.29 is 0 Å². The summed E-state index contributed by atoms with van der Waals surface area (Å²) < 4.78 is 0. The molecule has 0 bridgehead atoms. The number of hydrogen-bond donors (Lipinski definition) is 0. The maximum absolute atomic E-state index is 3.72. The summed E-state index contributed by atoms with van der Waals surface area (Å²) in [7, 11) is 4.15. The lowest BCUT2D eigenvalue weighted by Gasteiger charge is -2.27. The van der Waals surface area contributed by atoms with Gasteiger partial charge in [-0.1, -0.05) is 12.7 Å². The highest BCUT2D eigenvalue weighted by molar-refractivity contribution is 5.08. The second-order valence-electron chi connectivity index (χ2n) is 3.35. The highest BCUT2D eigenvalue weighted by Gasteiger charge is 2.14. The van der Waals surface area contributed by atoms with Gasteiger partial charge in [0.1, 0.15) is 5.82 Å². The van der Waals surface area contributed by atoms with Gasteiger partial charge in [-0.15, -0.1) is 0 Å². The van der Waals surface area contributed by atoms with Crippen LogP contribution in [0.1, 0.15) is 12.8 Å². The Bertz CT molecular complexity index is 176. The van der Waals surface area contributed by atoms with Gasteiger partial charge in [0, 0.05) is 27.2 Å². The molecule has 0 aliphatic carbocycles. The first kappa shape index (κ1) is 9.17. The van der Waals surface area contributed by atoms with Gasteiger partial charge in [-0.05, 0) is 18.9 Å². The van der Waals surface area contributed by atoms with Crippen LogP contribution in [0.5, 0.6) is 0 Å². The predicted octanol–water partition coefficient (Wildman–Crippen LogP) is 1.67. The van der Waals surface area contributed by atoms with Crippen molar-refractivity contribution in [1.29, 1.82) is 0 Å². The van der Waals surface area contributed by atoms with Gasteiger partial charge in [0.05, 0.1) is 0 Å². The summed E-state index contributed by atoms with van der Waals surface area (Å²) in [6.07, 6.45) is 6.57. The first-order valence-electron chi connectivity index (χ1n) is 4.50. The molecule has 0 radical (unpaired) electrons. The van der Waals surface area contributed by atoms with E-state index in [1.807, 2.05) is 6.08 Å². The number of hydrogen-bond acceptors (Lipinski definition) is 2. The van der Waals surface area contributed by atoms with Crippen molar-refractivity contribution in [2.75, 3.05) is 27.2 Å². The van der Waals surface area contributed by atoms with E-state index in [2.05, 4.69) is 36.6 Å². The van der Waals surface area contributed by atoms with Crippen LogP contribution >= 0.6 is 0 Å². The zero-order valence-corrected chi connectivity index (χ0v) is 8.08. The summed E-state index contributed by atoms with van der Waals surface area (Å²) in [6.45, 7) is 6.11. The number of nitrogens with zero attached hydrogens (tertiary/aromatic N) is 2. The summed E-state index contributed by atoms with van der Waals surface area (Å²) in [6, 6.07) is 0. The Kier molecular flexibility index (Phi) is 3.20. The van der Waals surface area contributed by atoms with Crippen LogP contribution in [0.3, 0.4) is 0 Å². The molecule has 0 spiro atoms. The lowest BCUT2D eigenvalue weighted by atomic mass is 10.4. The monoisotopic (exact) mass is 166 g/mol. The second kappa shape index (κ2) is 4.19. The molecule has 0 saturated carbocycles. The molecule has 0 aromatic carbocycles. The van der Waals surface area contributed by atoms with Crippen LogP contribution in [0.15, 0.2) is 24.6 Å². The normalized spacial score (nSPS) is 18.2. The number of rotatable bonds is 3. The molecular formula is C10H18N2. The van der Waals surface area contributed by atoms with Crippen molar-refractivity contribution >= 4 is 0 Å². The molecule has 1 saturated heterocycles. The fraction of sp³-hybridized carbons (Fsp3) is 0.600. The first-order chi connectivity index (χ1) is 5.75. The molecule has 68 valence electrons. The van der Waals surface area contributed by atoms with Crippen molar-refractivity contribution in [3.8, 4) is 0 Å². The Balaban J connectivity index is 2.64. The minimum Gasteiger partial charge on any atom is -0.364 e. The number of likely N-dealkylation sites (tertiary alicyclic amines) is 1. The third-order valence-corrected chi connectivity index (χ3v) is 2.16. The van der Waals surface area contributed by atoms with Crippen molar-refractivity contribution in [1.82, 2.24) is 9.80 Å². The quantitative estimate of drug-likeness (QED) is 0.588. The smallest absolute Gasteiger partial charge is 0.103 e. The van der Waals surface area contributed by atoms with Gasteiger partial charge >= 0.3 is 0 Å². The largest absolute Gasteiger partial charge is 0.364 e. The molecule has 1 heterocycles. The fourth-order valence-electron chi connectivity index (χ4n) is 1.59.